The molecule has 0 aromatic carbocycles. The normalized spacial score (nSPS) is 27.1. The number of nitrogens with two attached hydrogens (primary N) is 1. The second-order valence-corrected chi connectivity index (χ2v) is 15.0. The lowest BCUT2D eigenvalue weighted by atomic mass is 10.1. The van der Waals surface area contributed by atoms with Gasteiger partial charge >= 0.3 is 15.6 Å². The predicted octanol–water partition coefficient (Wildman–Crippen LogP) is -1.81. The molecular weight excluding hydrogens is 796 g/mol. The number of phosphoric ester groups is 2. The number of phosphoric acid groups is 2. The van der Waals surface area contributed by atoms with Gasteiger partial charge in [0.05, 0.1) is 38.9 Å². The van der Waals surface area contributed by atoms with Crippen LogP contribution in [0.2, 0.25) is 0 Å². The number of amides is 1. The van der Waals surface area contributed by atoms with Crippen LogP contribution in [0.3, 0.4) is 0 Å². The van der Waals surface area contributed by atoms with Crippen molar-refractivity contribution in [3.05, 3.63) is 54.6 Å². The molecule has 2 fully saturated rings. The van der Waals surface area contributed by atoms with Gasteiger partial charge < -0.3 is 55.5 Å². The molecule has 4 aromatic heterocycles. The molecule has 308 valence electrons. The standard InChI is InChI=1S/C27H35FN10O15P2.CH4/c28-3-5-48-13-37-8-15(34-35-37)6-30-24-18-25(32-11-31-24)38(12-33-18)27-22(42)20(40)17(52-27)10-50-55(46,47)53-54(44,45)49-9-16-19(39)21(41)26(51-16)36-4-1-2-14(7-36)23(29)43;/h1-2,4,7-8,11-12,16-17,19-22,26-27,39-42H,3,5-6,9-10,13H2,(H4-,29,30,31,32,43,44,45,46,47);1H4/p+1/i28-1;. The molecule has 6 rings (SSSR count). The molecule has 1 amide bonds. The average molecular weight is 837 g/mol. The van der Waals surface area contributed by atoms with E-state index in [4.69, 9.17) is 29.0 Å². The number of ether oxygens (including phenoxy) is 3. The van der Waals surface area contributed by atoms with Crippen molar-refractivity contribution in [3.8, 4) is 0 Å². The molecule has 10 unspecified atom stereocenters. The zero-order valence-corrected chi connectivity index (χ0v) is 30.0. The molecule has 25 nitrogen and oxygen atoms in total. The van der Waals surface area contributed by atoms with Crippen LogP contribution < -0.4 is 15.6 Å². The quantitative estimate of drug-likeness (QED) is 0.0311. The second-order valence-electron chi connectivity index (χ2n) is 12.0. The second kappa shape index (κ2) is 18.1. The van der Waals surface area contributed by atoms with Gasteiger partial charge in [0.15, 0.2) is 41.7 Å². The highest BCUT2D eigenvalue weighted by Crippen LogP contribution is 2.60. The Morgan fingerprint density at radius 1 is 1.02 bits per heavy atom. The van der Waals surface area contributed by atoms with E-state index in [2.05, 4.69) is 34.9 Å². The molecule has 0 bridgehead atoms. The fourth-order valence-corrected chi connectivity index (χ4v) is 7.65. The summed E-state index contributed by atoms with van der Waals surface area (Å²) < 4.78 is 71.4. The highest BCUT2D eigenvalue weighted by Gasteiger charge is 2.50. The molecule has 2 saturated heterocycles. The molecule has 2 aliphatic heterocycles. The van der Waals surface area contributed by atoms with Gasteiger partial charge in [0.25, 0.3) is 12.1 Å². The Bertz CT molecular complexity index is 2060. The summed E-state index contributed by atoms with van der Waals surface area (Å²) in [5, 5.41) is 53.2. The Kier molecular flexibility index (Phi) is 13.9. The molecule has 10 atom stereocenters. The van der Waals surface area contributed by atoms with Crippen molar-refractivity contribution >= 4 is 38.5 Å². The minimum atomic E-state index is -5.43. The van der Waals surface area contributed by atoms with Gasteiger partial charge in [-0.2, -0.15) is 8.88 Å². The van der Waals surface area contributed by atoms with E-state index in [0.717, 1.165) is 0 Å². The fourth-order valence-electron chi connectivity index (χ4n) is 5.56. The van der Waals surface area contributed by atoms with E-state index in [-0.39, 0.29) is 49.9 Å². The summed E-state index contributed by atoms with van der Waals surface area (Å²) in [4.78, 5) is 44.4. The molecule has 9 N–H and O–H groups in total. The first-order valence-corrected chi connectivity index (χ1v) is 19.1. The number of halogens is 1. The number of hydrogen-bond donors (Lipinski definition) is 8. The first-order chi connectivity index (χ1) is 26.2. The number of imidazole rings is 1. The number of carbonyl (C=O) groups excluding carboxylic acids is 1. The number of primary amides is 1. The van der Waals surface area contributed by atoms with Crippen molar-refractivity contribution in [2.45, 2.75) is 69.8 Å². The molecule has 0 saturated carbocycles. The molecule has 4 aromatic rings. The maximum atomic E-state index is 12.6. The highest BCUT2D eigenvalue weighted by atomic mass is 31.3. The first-order valence-electron chi connectivity index (χ1n) is 16.1. The Morgan fingerprint density at radius 3 is 2.41 bits per heavy atom. The van der Waals surface area contributed by atoms with Crippen LogP contribution in [0.15, 0.2) is 43.4 Å². The smallest absolute Gasteiger partial charge is 0.387 e. The largest absolute Gasteiger partial charge is 0.481 e. The van der Waals surface area contributed by atoms with Crippen molar-refractivity contribution in [2.24, 2.45) is 5.73 Å². The van der Waals surface area contributed by atoms with Crippen molar-refractivity contribution in [1.29, 1.82) is 0 Å². The van der Waals surface area contributed by atoms with E-state index >= 15 is 0 Å². The van der Waals surface area contributed by atoms with Crippen LogP contribution in [-0.2, 0) is 50.0 Å². The average Bonchev–Trinajstić information content (AvgIpc) is 3.92. The number of aliphatic hydroxyl groups excluding tert-OH is 4. The minimum absolute atomic E-state index is 0. The predicted molar refractivity (Wildman–Crippen MR) is 181 cm³/mol. The summed E-state index contributed by atoms with van der Waals surface area (Å²) in [6, 6.07) is 2.83. The van der Waals surface area contributed by atoms with E-state index < -0.39 is 90.5 Å². The van der Waals surface area contributed by atoms with Gasteiger partial charge in [-0.05, 0) is 6.07 Å². The van der Waals surface area contributed by atoms with E-state index in [1.54, 1.807) is 6.20 Å². The van der Waals surface area contributed by atoms with Crippen LogP contribution in [0.25, 0.3) is 11.2 Å². The number of pyridine rings is 1. The summed E-state index contributed by atoms with van der Waals surface area (Å²) in [5.74, 6) is -0.518. The zero-order valence-electron chi connectivity index (χ0n) is 28.2. The summed E-state index contributed by atoms with van der Waals surface area (Å²) in [6.07, 6.45) is -5.53. The monoisotopic (exact) mass is 836 g/mol. The number of nitrogens with one attached hydrogen (secondary N) is 1. The fraction of sp³-hybridized carbons (Fsp3) is 0.536. The van der Waals surface area contributed by atoms with Crippen LogP contribution in [0, 0.1) is 0 Å². The number of alkyl halides is 1. The van der Waals surface area contributed by atoms with E-state index in [1.165, 1.54) is 51.0 Å². The summed E-state index contributed by atoms with van der Waals surface area (Å²) in [7, 11) is -10.9. The maximum absolute atomic E-state index is 12.6. The third-order valence-corrected chi connectivity index (χ3v) is 10.8. The number of carbonyl (C=O) groups is 1. The molecule has 56 heavy (non-hydrogen) atoms. The van der Waals surface area contributed by atoms with Gasteiger partial charge in [-0.25, -0.2) is 33.2 Å². The maximum Gasteiger partial charge on any atom is 0.481 e. The van der Waals surface area contributed by atoms with Gasteiger partial charge in [-0.1, -0.05) is 12.6 Å². The van der Waals surface area contributed by atoms with Crippen molar-refractivity contribution in [1.82, 2.24) is 34.5 Å². The van der Waals surface area contributed by atoms with E-state index in [1.807, 2.05) is 0 Å². The first kappa shape index (κ1) is 43.1. The molecule has 28 heteroatoms. The molecule has 6 heterocycles. The Labute approximate surface area is 315 Å². The van der Waals surface area contributed by atoms with Crippen LogP contribution in [0.4, 0.5) is 10.2 Å². The van der Waals surface area contributed by atoms with Crippen LogP contribution in [0.1, 0.15) is 35.9 Å². The van der Waals surface area contributed by atoms with Crippen molar-refractivity contribution in [3.63, 3.8) is 0 Å². The Hall–Kier alpha value is -3.98. The van der Waals surface area contributed by atoms with Crippen LogP contribution in [-0.4, -0.2) is 134 Å². The number of fused-ring (bicyclic) bond motifs is 1. The van der Waals surface area contributed by atoms with Crippen LogP contribution >= 0.6 is 15.6 Å². The van der Waals surface area contributed by atoms with E-state index in [0.29, 0.717) is 5.69 Å². The van der Waals surface area contributed by atoms with E-state index in [9.17, 15) is 48.5 Å². The van der Waals surface area contributed by atoms with Crippen molar-refractivity contribution < 1.29 is 80.7 Å². The summed E-state index contributed by atoms with van der Waals surface area (Å²) in [6.45, 7) is -2.43. The number of rotatable bonds is 18. The lowest BCUT2D eigenvalue weighted by Crippen LogP contribution is -2.46. The van der Waals surface area contributed by atoms with Gasteiger partial charge in [-0.3, -0.25) is 18.4 Å². The van der Waals surface area contributed by atoms with Gasteiger partial charge in [0.1, 0.15) is 61.5 Å². The molecular formula is C28H40FN10O15P2+. The van der Waals surface area contributed by atoms with Crippen LogP contribution in [0.5, 0.6) is 0 Å². The lowest BCUT2D eigenvalue weighted by molar-refractivity contribution is -0.765. The third kappa shape index (κ3) is 9.93. The van der Waals surface area contributed by atoms with Gasteiger partial charge in [-0.15, -0.1) is 5.10 Å². The minimum Gasteiger partial charge on any atom is -0.387 e. The Morgan fingerprint density at radius 2 is 1.71 bits per heavy atom. The van der Waals surface area contributed by atoms with Gasteiger partial charge in [0.2, 0.25) is 0 Å². The molecule has 0 spiro atoms. The molecule has 2 aliphatic rings. The molecule has 0 aliphatic carbocycles. The summed E-state index contributed by atoms with van der Waals surface area (Å²) in [5.41, 5.74) is 6.20. The lowest BCUT2D eigenvalue weighted by Gasteiger charge is -2.20. The number of aliphatic hydroxyl groups is 4. The third-order valence-electron chi connectivity index (χ3n) is 8.19. The summed E-state index contributed by atoms with van der Waals surface area (Å²) >= 11 is 0. The highest BCUT2D eigenvalue weighted by molar-refractivity contribution is 7.61. The van der Waals surface area contributed by atoms with Crippen molar-refractivity contribution in [2.75, 3.05) is 31.8 Å². The Balaban J connectivity index is 0.00000600. The molecule has 0 radical (unpaired) electrons. The topological polar surface area (TPSA) is 344 Å². The number of nitrogens with zero attached hydrogens (tertiary/aromatic N) is 8. The number of hydrogen-bond acceptors (Lipinski definition) is 19. The number of aromatic nitrogens is 8. The number of anilines is 1. The SMILES string of the molecule is C.NC(=O)c1ccc[n+](C2OC(COP(=O)(O)OP(=O)(O)OCC3OC(n4cnc5c(NCc6cn(COCC[18F])nn6)ncnc54)C(O)C3O)C(O)C2O)c1. The van der Waals surface area contributed by atoms with Gasteiger partial charge in [0, 0.05) is 6.07 Å². The zero-order chi connectivity index (χ0) is 39.5.